The van der Waals surface area contributed by atoms with Gasteiger partial charge in [-0.2, -0.15) is 0 Å². The summed E-state index contributed by atoms with van der Waals surface area (Å²) in [6.45, 7) is 8.99. The third-order valence-corrected chi connectivity index (χ3v) is 6.79. The topological polar surface area (TPSA) is 70.5 Å². The first-order chi connectivity index (χ1) is 16.4. The van der Waals surface area contributed by atoms with Gasteiger partial charge in [0.1, 0.15) is 5.82 Å². The minimum absolute atomic E-state index is 0.00449. The van der Waals surface area contributed by atoms with Gasteiger partial charge in [0, 0.05) is 37.2 Å². The molecule has 3 aromatic rings. The Hall–Kier alpha value is -2.90. The second-order valence-corrected chi connectivity index (χ2v) is 9.34. The van der Waals surface area contributed by atoms with E-state index in [1.54, 1.807) is 16.7 Å². The molecule has 1 aromatic heterocycles. The van der Waals surface area contributed by atoms with Crippen molar-refractivity contribution in [1.82, 2.24) is 24.7 Å². The molecule has 2 aromatic carbocycles. The predicted octanol–water partition coefficient (Wildman–Crippen LogP) is 4.62. The normalized spacial score (nSPS) is 17.6. The van der Waals surface area contributed by atoms with Gasteiger partial charge in [-0.15, -0.1) is 0 Å². The number of carbonyl (C=O) groups is 1. The smallest absolute Gasteiger partial charge is 0.317 e. The molecule has 34 heavy (non-hydrogen) atoms. The van der Waals surface area contributed by atoms with E-state index in [1.807, 2.05) is 41.3 Å². The molecule has 2 amide bonds. The summed E-state index contributed by atoms with van der Waals surface area (Å²) in [6, 6.07) is 14.6. The second kappa shape index (κ2) is 10.6. The zero-order valence-corrected chi connectivity index (χ0v) is 20.8. The number of nitrogens with zero attached hydrogens (tertiary/aromatic N) is 4. The predicted molar refractivity (Wildman–Crippen MR) is 137 cm³/mol. The average Bonchev–Trinajstić information content (AvgIpc) is 2.84. The van der Waals surface area contributed by atoms with Gasteiger partial charge in [-0.25, -0.2) is 9.78 Å². The van der Waals surface area contributed by atoms with E-state index < -0.39 is 0 Å². The van der Waals surface area contributed by atoms with Crippen molar-refractivity contribution < 1.29 is 4.79 Å². The summed E-state index contributed by atoms with van der Waals surface area (Å²) in [5.74, 6) is 0.680. The fourth-order valence-corrected chi connectivity index (χ4v) is 4.67. The van der Waals surface area contributed by atoms with Crippen LogP contribution in [0.1, 0.15) is 45.5 Å². The van der Waals surface area contributed by atoms with Gasteiger partial charge in [-0.3, -0.25) is 14.3 Å². The number of halogens is 1. The van der Waals surface area contributed by atoms with Crippen LogP contribution in [0.3, 0.4) is 0 Å². The zero-order valence-electron chi connectivity index (χ0n) is 20.0. The number of para-hydroxylation sites is 1. The Morgan fingerprint density at radius 3 is 2.62 bits per heavy atom. The number of unbranched alkanes of at least 4 members (excludes halogenated alkanes) is 1. The number of amides is 2. The monoisotopic (exact) mass is 481 g/mol. The van der Waals surface area contributed by atoms with Crippen molar-refractivity contribution in [2.75, 3.05) is 26.2 Å². The summed E-state index contributed by atoms with van der Waals surface area (Å²) in [4.78, 5) is 35.3. The molecule has 0 saturated carbocycles. The third-order valence-electron chi connectivity index (χ3n) is 6.53. The summed E-state index contributed by atoms with van der Waals surface area (Å²) in [5.41, 5.74) is 1.31. The summed E-state index contributed by atoms with van der Waals surface area (Å²) in [5, 5.41) is 4.21. The Balaban J connectivity index is 1.64. The van der Waals surface area contributed by atoms with Crippen LogP contribution in [0.5, 0.6) is 0 Å². The van der Waals surface area contributed by atoms with E-state index in [-0.39, 0.29) is 23.7 Å². The summed E-state index contributed by atoms with van der Waals surface area (Å²) in [7, 11) is 0. The third kappa shape index (κ3) is 4.95. The summed E-state index contributed by atoms with van der Waals surface area (Å²) < 4.78 is 1.69. The molecule has 1 N–H and O–H groups in total. The first-order valence-electron chi connectivity index (χ1n) is 12.0. The Morgan fingerprint density at radius 2 is 1.91 bits per heavy atom. The molecule has 0 spiro atoms. The molecule has 2 heterocycles. The number of aromatic nitrogens is 2. The van der Waals surface area contributed by atoms with Crippen molar-refractivity contribution in [3.05, 3.63) is 69.7 Å². The first kappa shape index (κ1) is 24.2. The van der Waals surface area contributed by atoms with Crippen molar-refractivity contribution in [3.63, 3.8) is 0 Å². The van der Waals surface area contributed by atoms with Gasteiger partial charge in [0.2, 0.25) is 0 Å². The van der Waals surface area contributed by atoms with Crippen LogP contribution in [-0.2, 0) is 0 Å². The van der Waals surface area contributed by atoms with E-state index in [4.69, 9.17) is 16.6 Å². The second-order valence-electron chi connectivity index (χ2n) is 8.90. The van der Waals surface area contributed by atoms with Crippen molar-refractivity contribution >= 4 is 28.5 Å². The Morgan fingerprint density at radius 1 is 1.18 bits per heavy atom. The van der Waals surface area contributed by atoms with E-state index in [9.17, 15) is 9.59 Å². The average molecular weight is 482 g/mol. The maximum Gasteiger partial charge on any atom is 0.317 e. The molecule has 1 aliphatic heterocycles. The standard InChI is InChI=1S/C26H32ClN5O2/c1-4-5-14-28-26(34)31-16-15-30(17-18(31)2)19(3)24-29-23-9-7-6-8-22(23)25(33)32(24)21-12-10-20(27)11-13-21/h6-13,18-19H,4-5,14-17H2,1-3H3,(H,28,34). The van der Waals surface area contributed by atoms with Gasteiger partial charge in [0.25, 0.3) is 5.56 Å². The number of nitrogens with one attached hydrogen (secondary N) is 1. The number of carbonyl (C=O) groups excluding carboxylic acids is 1. The van der Waals surface area contributed by atoms with Crippen molar-refractivity contribution in [3.8, 4) is 5.69 Å². The molecule has 1 fully saturated rings. The van der Waals surface area contributed by atoms with Gasteiger partial charge in [-0.1, -0.05) is 37.1 Å². The van der Waals surface area contributed by atoms with Gasteiger partial charge < -0.3 is 10.2 Å². The van der Waals surface area contributed by atoms with E-state index in [2.05, 4.69) is 31.0 Å². The van der Waals surface area contributed by atoms with Crippen molar-refractivity contribution in [1.29, 1.82) is 0 Å². The number of hydrogen-bond donors (Lipinski definition) is 1. The molecule has 1 aliphatic rings. The molecule has 0 bridgehead atoms. The fourth-order valence-electron chi connectivity index (χ4n) is 4.55. The minimum atomic E-state index is -0.124. The highest BCUT2D eigenvalue weighted by atomic mass is 35.5. The molecule has 180 valence electrons. The SMILES string of the molecule is CCCCNC(=O)N1CCN(C(C)c2nc3ccccc3c(=O)n2-c2ccc(Cl)cc2)CC1C. The van der Waals surface area contributed by atoms with E-state index in [0.717, 1.165) is 18.5 Å². The molecule has 0 radical (unpaired) electrons. The van der Waals surface area contributed by atoms with Crippen molar-refractivity contribution in [2.45, 2.75) is 45.7 Å². The Labute approximate surface area is 205 Å². The lowest BCUT2D eigenvalue weighted by Gasteiger charge is -2.42. The molecule has 2 atom stereocenters. The Kier molecular flexibility index (Phi) is 7.54. The van der Waals surface area contributed by atoms with Crippen LogP contribution in [0.2, 0.25) is 5.02 Å². The van der Waals surface area contributed by atoms with Crippen LogP contribution in [0.4, 0.5) is 4.79 Å². The number of benzene rings is 2. The largest absolute Gasteiger partial charge is 0.338 e. The first-order valence-corrected chi connectivity index (χ1v) is 12.3. The maximum atomic E-state index is 13.6. The number of fused-ring (bicyclic) bond motifs is 1. The molecular formula is C26H32ClN5O2. The highest BCUT2D eigenvalue weighted by molar-refractivity contribution is 6.30. The molecule has 7 nitrogen and oxygen atoms in total. The number of hydrogen-bond acceptors (Lipinski definition) is 4. The van der Waals surface area contributed by atoms with Gasteiger partial charge in [0.05, 0.1) is 22.6 Å². The fraction of sp³-hybridized carbons (Fsp3) is 0.423. The quantitative estimate of drug-likeness (QED) is 0.522. The Bertz CT molecular complexity index is 1210. The maximum absolute atomic E-state index is 13.6. The summed E-state index contributed by atoms with van der Waals surface area (Å²) >= 11 is 6.10. The number of piperazine rings is 1. The highest BCUT2D eigenvalue weighted by Crippen LogP contribution is 2.25. The van der Waals surface area contributed by atoms with Crippen LogP contribution in [0, 0.1) is 0 Å². The van der Waals surface area contributed by atoms with Crippen LogP contribution in [0.25, 0.3) is 16.6 Å². The van der Waals surface area contributed by atoms with Crippen molar-refractivity contribution in [2.24, 2.45) is 0 Å². The van der Waals surface area contributed by atoms with Crippen LogP contribution in [0.15, 0.2) is 53.3 Å². The molecule has 0 aliphatic carbocycles. The highest BCUT2D eigenvalue weighted by Gasteiger charge is 2.32. The number of rotatable bonds is 6. The van der Waals surface area contributed by atoms with Gasteiger partial charge >= 0.3 is 6.03 Å². The summed E-state index contributed by atoms with van der Waals surface area (Å²) in [6.07, 6.45) is 2.03. The van der Waals surface area contributed by atoms with Crippen LogP contribution in [-0.4, -0.2) is 57.6 Å². The molecule has 2 unspecified atom stereocenters. The van der Waals surface area contributed by atoms with Crippen LogP contribution >= 0.6 is 11.6 Å². The lowest BCUT2D eigenvalue weighted by atomic mass is 10.1. The van der Waals surface area contributed by atoms with Crippen LogP contribution < -0.4 is 10.9 Å². The lowest BCUT2D eigenvalue weighted by Crippen LogP contribution is -2.57. The van der Waals surface area contributed by atoms with E-state index in [1.165, 1.54) is 0 Å². The molecule has 4 rings (SSSR count). The van der Waals surface area contributed by atoms with E-state index >= 15 is 0 Å². The minimum Gasteiger partial charge on any atom is -0.338 e. The van der Waals surface area contributed by atoms with Gasteiger partial charge in [-0.05, 0) is 56.7 Å². The lowest BCUT2D eigenvalue weighted by molar-refractivity contribution is 0.0754. The molecule has 1 saturated heterocycles. The molecular weight excluding hydrogens is 450 g/mol. The van der Waals surface area contributed by atoms with E-state index in [0.29, 0.717) is 47.9 Å². The number of urea groups is 1. The van der Waals surface area contributed by atoms with Gasteiger partial charge in [0.15, 0.2) is 0 Å². The molecule has 8 heteroatoms. The zero-order chi connectivity index (χ0) is 24.2.